The van der Waals surface area contributed by atoms with Crippen LogP contribution in [0.15, 0.2) is 30.3 Å². The maximum absolute atomic E-state index is 12.6. The van der Waals surface area contributed by atoms with Gasteiger partial charge >= 0.3 is 5.97 Å². The summed E-state index contributed by atoms with van der Waals surface area (Å²) in [4.78, 5) is 35.1. The summed E-state index contributed by atoms with van der Waals surface area (Å²) in [5.41, 5.74) is 4.18. The van der Waals surface area contributed by atoms with Crippen molar-refractivity contribution in [2.24, 2.45) is 0 Å². The van der Waals surface area contributed by atoms with Crippen LogP contribution < -0.4 is 0 Å². The first-order chi connectivity index (χ1) is 14.4. The molecule has 0 saturated carbocycles. The fourth-order valence-corrected chi connectivity index (χ4v) is 4.01. The highest BCUT2D eigenvalue weighted by Crippen LogP contribution is 2.33. The van der Waals surface area contributed by atoms with Crippen LogP contribution in [0.4, 0.5) is 0 Å². The molecule has 0 saturated heterocycles. The number of aryl methyl sites for hydroxylation is 3. The molecule has 0 radical (unpaired) electrons. The van der Waals surface area contributed by atoms with E-state index in [4.69, 9.17) is 4.74 Å². The molecule has 1 unspecified atom stereocenters. The molecular formula is C22H25N5O3. The van der Waals surface area contributed by atoms with Crippen molar-refractivity contribution in [2.75, 3.05) is 13.7 Å². The van der Waals surface area contributed by atoms with Crippen molar-refractivity contribution < 1.29 is 14.3 Å². The Kier molecular flexibility index (Phi) is 5.48. The van der Waals surface area contributed by atoms with E-state index in [9.17, 15) is 9.59 Å². The number of hydrogen-bond acceptors (Lipinski definition) is 6. The molecule has 1 aliphatic rings. The van der Waals surface area contributed by atoms with Gasteiger partial charge in [0.15, 0.2) is 12.4 Å². The molecule has 156 valence electrons. The second kappa shape index (κ2) is 8.22. The zero-order valence-corrected chi connectivity index (χ0v) is 17.5. The molecule has 0 aliphatic heterocycles. The molecular weight excluding hydrogens is 382 g/mol. The number of likely N-dealkylation sites (N-methyl/N-ethyl adjacent to an activating group) is 1. The summed E-state index contributed by atoms with van der Waals surface area (Å²) >= 11 is 0. The van der Waals surface area contributed by atoms with Crippen molar-refractivity contribution in [3.63, 3.8) is 0 Å². The first kappa shape index (κ1) is 20.0. The van der Waals surface area contributed by atoms with Crippen molar-refractivity contribution in [1.29, 1.82) is 0 Å². The van der Waals surface area contributed by atoms with E-state index in [1.54, 1.807) is 16.5 Å². The van der Waals surface area contributed by atoms with Gasteiger partial charge in [-0.05, 0) is 50.3 Å². The predicted molar refractivity (Wildman–Crippen MR) is 110 cm³/mol. The van der Waals surface area contributed by atoms with Gasteiger partial charge in [-0.2, -0.15) is 4.98 Å². The summed E-state index contributed by atoms with van der Waals surface area (Å²) < 4.78 is 6.81. The Morgan fingerprint density at radius 2 is 2.03 bits per heavy atom. The third kappa shape index (κ3) is 4.03. The number of aromatic nitrogens is 4. The monoisotopic (exact) mass is 407 g/mol. The van der Waals surface area contributed by atoms with E-state index in [2.05, 4.69) is 27.2 Å². The maximum atomic E-state index is 12.6. The van der Waals surface area contributed by atoms with Crippen molar-refractivity contribution in [3.8, 4) is 0 Å². The summed E-state index contributed by atoms with van der Waals surface area (Å²) in [6.45, 7) is 3.48. The molecule has 8 heteroatoms. The van der Waals surface area contributed by atoms with Crippen LogP contribution in [0.1, 0.15) is 47.2 Å². The van der Waals surface area contributed by atoms with E-state index in [1.165, 1.54) is 11.1 Å². The highest BCUT2D eigenvalue weighted by atomic mass is 16.5. The Balaban J connectivity index is 1.36. The molecule has 30 heavy (non-hydrogen) atoms. The summed E-state index contributed by atoms with van der Waals surface area (Å²) in [5, 5.41) is 4.30. The fraction of sp³-hybridized carbons (Fsp3) is 0.409. The van der Waals surface area contributed by atoms with E-state index in [0.29, 0.717) is 11.6 Å². The highest BCUT2D eigenvalue weighted by molar-refractivity contribution is 5.81. The van der Waals surface area contributed by atoms with Crippen molar-refractivity contribution in [1.82, 2.24) is 24.5 Å². The topological polar surface area (TPSA) is 89.7 Å². The molecule has 0 spiro atoms. The Morgan fingerprint density at radius 3 is 2.87 bits per heavy atom. The lowest BCUT2D eigenvalue weighted by Gasteiger charge is -2.33. The number of carbonyl (C=O) groups is 2. The van der Waals surface area contributed by atoms with Gasteiger partial charge in [0.05, 0.1) is 6.04 Å². The average Bonchev–Trinajstić information content (AvgIpc) is 3.13. The molecule has 4 rings (SSSR count). The standard InChI is InChI=1S/C22H25N5O3/c1-14-11-15(2)27-22(23-14)24-19(25-27)12-21(29)30-13-20(28)26(3)18-10-6-8-16-7-4-5-9-17(16)18/h4-5,7,9,11,18H,6,8,10,12-13H2,1-3H3. The average molecular weight is 407 g/mol. The maximum Gasteiger partial charge on any atom is 0.314 e. The number of hydrogen-bond donors (Lipinski definition) is 0. The lowest BCUT2D eigenvalue weighted by Crippen LogP contribution is -2.36. The number of carbonyl (C=O) groups excluding carboxylic acids is 2. The van der Waals surface area contributed by atoms with Crippen molar-refractivity contribution in [3.05, 3.63) is 58.7 Å². The smallest absolute Gasteiger partial charge is 0.314 e. The molecule has 0 N–H and O–H groups in total. The van der Waals surface area contributed by atoms with E-state index in [-0.39, 0.29) is 25.0 Å². The van der Waals surface area contributed by atoms with E-state index >= 15 is 0 Å². The molecule has 1 aromatic carbocycles. The zero-order valence-electron chi connectivity index (χ0n) is 17.5. The first-order valence-corrected chi connectivity index (χ1v) is 10.1. The lowest BCUT2D eigenvalue weighted by molar-refractivity contribution is -0.152. The van der Waals surface area contributed by atoms with Crippen LogP contribution in [-0.4, -0.2) is 50.0 Å². The van der Waals surface area contributed by atoms with Crippen LogP contribution in [-0.2, 0) is 27.2 Å². The summed E-state index contributed by atoms with van der Waals surface area (Å²) in [5.74, 6) is 0.0116. The summed E-state index contributed by atoms with van der Waals surface area (Å²) in [7, 11) is 1.77. The molecule has 3 aromatic rings. The van der Waals surface area contributed by atoms with Crippen LogP contribution in [0.3, 0.4) is 0 Å². The molecule has 1 aliphatic carbocycles. The third-order valence-electron chi connectivity index (χ3n) is 5.52. The number of rotatable bonds is 5. The predicted octanol–water partition coefficient (Wildman–Crippen LogP) is 2.36. The Hall–Kier alpha value is -3.29. The van der Waals surface area contributed by atoms with Gasteiger partial charge in [-0.1, -0.05) is 24.3 Å². The van der Waals surface area contributed by atoms with Gasteiger partial charge in [0, 0.05) is 18.4 Å². The molecule has 2 aromatic heterocycles. The van der Waals surface area contributed by atoms with Crippen LogP contribution in [0.25, 0.3) is 5.78 Å². The fourth-order valence-electron chi connectivity index (χ4n) is 4.01. The number of ether oxygens (including phenoxy) is 1. The second-order valence-electron chi connectivity index (χ2n) is 7.73. The van der Waals surface area contributed by atoms with Crippen molar-refractivity contribution in [2.45, 2.75) is 45.6 Å². The summed E-state index contributed by atoms with van der Waals surface area (Å²) in [6.07, 6.45) is 2.87. The SMILES string of the molecule is Cc1cc(C)n2nc(CC(=O)OCC(=O)N(C)C3CCCc4ccccc43)nc2n1. The number of fused-ring (bicyclic) bond motifs is 2. The minimum absolute atomic E-state index is 0.0125. The van der Waals surface area contributed by atoms with Crippen molar-refractivity contribution >= 4 is 17.7 Å². The van der Waals surface area contributed by atoms with Crippen LogP contribution >= 0.6 is 0 Å². The minimum atomic E-state index is -0.536. The minimum Gasteiger partial charge on any atom is -0.455 e. The summed E-state index contributed by atoms with van der Waals surface area (Å²) in [6, 6.07) is 10.1. The van der Waals surface area contributed by atoms with Gasteiger partial charge in [0.25, 0.3) is 11.7 Å². The van der Waals surface area contributed by atoms with E-state index in [1.807, 2.05) is 32.0 Å². The van der Waals surface area contributed by atoms with Gasteiger partial charge in [0.2, 0.25) is 0 Å². The quantitative estimate of drug-likeness (QED) is 0.603. The van der Waals surface area contributed by atoms with E-state index < -0.39 is 5.97 Å². The highest BCUT2D eigenvalue weighted by Gasteiger charge is 2.27. The second-order valence-corrected chi connectivity index (χ2v) is 7.73. The van der Waals surface area contributed by atoms with Gasteiger partial charge in [-0.15, -0.1) is 5.10 Å². The van der Waals surface area contributed by atoms with Gasteiger partial charge in [0.1, 0.15) is 6.42 Å². The molecule has 0 bridgehead atoms. The molecule has 1 amide bonds. The number of esters is 1. The number of nitrogens with zero attached hydrogens (tertiary/aromatic N) is 5. The van der Waals surface area contributed by atoms with Crippen LogP contribution in [0.5, 0.6) is 0 Å². The number of amides is 1. The lowest BCUT2D eigenvalue weighted by atomic mass is 9.87. The third-order valence-corrected chi connectivity index (χ3v) is 5.52. The molecule has 8 nitrogen and oxygen atoms in total. The number of benzene rings is 1. The largest absolute Gasteiger partial charge is 0.455 e. The Bertz CT molecular complexity index is 1110. The van der Waals surface area contributed by atoms with Gasteiger partial charge < -0.3 is 9.64 Å². The van der Waals surface area contributed by atoms with Gasteiger partial charge in [-0.25, -0.2) is 9.50 Å². The first-order valence-electron chi connectivity index (χ1n) is 10.1. The van der Waals surface area contributed by atoms with Crippen LogP contribution in [0, 0.1) is 13.8 Å². The molecule has 2 heterocycles. The van der Waals surface area contributed by atoms with E-state index in [0.717, 1.165) is 30.7 Å². The zero-order chi connectivity index (χ0) is 21.3. The van der Waals surface area contributed by atoms with Crippen LogP contribution in [0.2, 0.25) is 0 Å². The van der Waals surface area contributed by atoms with Gasteiger partial charge in [-0.3, -0.25) is 9.59 Å². The molecule has 0 fully saturated rings. The Labute approximate surface area is 174 Å². The molecule has 1 atom stereocenters. The normalized spacial score (nSPS) is 15.6. The Morgan fingerprint density at radius 1 is 1.23 bits per heavy atom.